The zero-order valence-electron chi connectivity index (χ0n) is 15.2. The summed E-state index contributed by atoms with van der Waals surface area (Å²) in [5.41, 5.74) is 5.29. The topological polar surface area (TPSA) is 78.3 Å². The number of fused-ring (bicyclic) bond motifs is 2. The Labute approximate surface area is 164 Å². The Morgan fingerprint density at radius 2 is 1.14 bits per heavy atom. The van der Waals surface area contributed by atoms with Crippen LogP contribution in [0.15, 0.2) is 90.9 Å². The molecule has 0 radical (unpaired) electrons. The number of nitrogens with zero attached hydrogens (tertiary/aromatic N) is 2. The smallest absolute Gasteiger partial charge is 0.263 e. The van der Waals surface area contributed by atoms with E-state index in [1.54, 1.807) is 12.5 Å². The molecule has 6 aromatic rings. The third-order valence-electron chi connectivity index (χ3n) is 4.78. The van der Waals surface area contributed by atoms with Crippen molar-refractivity contribution in [1.82, 2.24) is 9.97 Å². The van der Waals surface area contributed by atoms with Crippen molar-refractivity contribution in [1.29, 1.82) is 0 Å². The Bertz CT molecular complexity index is 1310. The molecule has 29 heavy (non-hydrogen) atoms. The van der Waals surface area contributed by atoms with Crippen LogP contribution in [0.2, 0.25) is 0 Å². The highest BCUT2D eigenvalue weighted by atomic mass is 16.4. The SMILES string of the molecule is c1coc(-c2nc3ccc(Cc4ccc5nc(-c6ccco6)oc5c4)cc3o2)c1. The van der Waals surface area contributed by atoms with Gasteiger partial charge in [0.15, 0.2) is 22.7 Å². The molecule has 6 rings (SSSR count). The van der Waals surface area contributed by atoms with Crippen LogP contribution in [0.4, 0.5) is 0 Å². The monoisotopic (exact) mass is 382 g/mol. The summed E-state index contributed by atoms with van der Waals surface area (Å²) in [5, 5.41) is 0. The number of benzene rings is 2. The Balaban J connectivity index is 1.31. The van der Waals surface area contributed by atoms with Crippen molar-refractivity contribution in [3.8, 4) is 23.3 Å². The third-order valence-corrected chi connectivity index (χ3v) is 4.78. The van der Waals surface area contributed by atoms with Gasteiger partial charge >= 0.3 is 0 Å². The first-order chi connectivity index (χ1) is 14.3. The lowest BCUT2D eigenvalue weighted by molar-refractivity contribution is 0.534. The molecule has 0 aliphatic heterocycles. The van der Waals surface area contributed by atoms with Crippen molar-refractivity contribution in [2.45, 2.75) is 6.42 Å². The van der Waals surface area contributed by atoms with Crippen LogP contribution in [-0.2, 0) is 6.42 Å². The minimum absolute atomic E-state index is 0.482. The Hall–Kier alpha value is -4.06. The number of aromatic nitrogens is 2. The average Bonchev–Trinajstić information content (AvgIpc) is 3.53. The predicted octanol–water partition coefficient (Wildman–Crippen LogP) is 6.08. The van der Waals surface area contributed by atoms with E-state index >= 15 is 0 Å². The first kappa shape index (κ1) is 15.9. The lowest BCUT2D eigenvalue weighted by Crippen LogP contribution is -1.87. The van der Waals surface area contributed by atoms with E-state index in [0.29, 0.717) is 23.3 Å². The van der Waals surface area contributed by atoms with Crippen LogP contribution in [-0.4, -0.2) is 9.97 Å². The highest BCUT2D eigenvalue weighted by Crippen LogP contribution is 2.28. The summed E-state index contributed by atoms with van der Waals surface area (Å²) in [4.78, 5) is 8.96. The van der Waals surface area contributed by atoms with E-state index in [1.807, 2.05) is 48.5 Å². The summed E-state index contributed by atoms with van der Waals surface area (Å²) in [6, 6.07) is 19.3. The second-order valence-electron chi connectivity index (χ2n) is 6.77. The predicted molar refractivity (Wildman–Crippen MR) is 106 cm³/mol. The van der Waals surface area contributed by atoms with Gasteiger partial charge in [-0.1, -0.05) is 12.1 Å². The van der Waals surface area contributed by atoms with Gasteiger partial charge in [0.2, 0.25) is 0 Å². The van der Waals surface area contributed by atoms with Gasteiger partial charge in [0.05, 0.1) is 12.5 Å². The van der Waals surface area contributed by atoms with E-state index in [9.17, 15) is 0 Å². The summed E-state index contributed by atoms with van der Waals surface area (Å²) in [5.74, 6) is 2.20. The minimum Gasteiger partial charge on any atom is -0.459 e. The molecule has 0 aliphatic rings. The van der Waals surface area contributed by atoms with E-state index in [0.717, 1.165) is 39.7 Å². The van der Waals surface area contributed by atoms with Gasteiger partial charge in [-0.25, -0.2) is 9.97 Å². The molecular formula is C23H14N2O4. The Morgan fingerprint density at radius 3 is 1.59 bits per heavy atom. The second-order valence-corrected chi connectivity index (χ2v) is 6.77. The first-order valence-electron chi connectivity index (χ1n) is 9.18. The normalized spacial score (nSPS) is 11.6. The summed E-state index contributed by atoms with van der Waals surface area (Å²) < 4.78 is 22.5. The van der Waals surface area contributed by atoms with Crippen LogP contribution in [0, 0.1) is 0 Å². The van der Waals surface area contributed by atoms with Gasteiger partial charge in [0.1, 0.15) is 11.0 Å². The zero-order valence-corrected chi connectivity index (χ0v) is 15.2. The maximum atomic E-state index is 5.86. The maximum Gasteiger partial charge on any atom is 0.263 e. The molecule has 4 aromatic heterocycles. The molecule has 140 valence electrons. The molecule has 0 fully saturated rings. The van der Waals surface area contributed by atoms with Gasteiger partial charge in [-0.3, -0.25) is 0 Å². The van der Waals surface area contributed by atoms with E-state index in [-0.39, 0.29) is 0 Å². The van der Waals surface area contributed by atoms with Crippen LogP contribution in [0.25, 0.3) is 45.5 Å². The molecule has 4 heterocycles. The zero-order chi connectivity index (χ0) is 19.2. The van der Waals surface area contributed by atoms with Crippen molar-refractivity contribution in [3.63, 3.8) is 0 Å². The summed E-state index contributed by atoms with van der Waals surface area (Å²) >= 11 is 0. The minimum atomic E-state index is 0.482. The number of furan rings is 2. The van der Waals surface area contributed by atoms with Crippen molar-refractivity contribution in [2.24, 2.45) is 0 Å². The molecule has 6 heteroatoms. The highest BCUT2D eigenvalue weighted by molar-refractivity contribution is 5.77. The van der Waals surface area contributed by atoms with E-state index in [2.05, 4.69) is 22.1 Å². The molecule has 0 aliphatic carbocycles. The molecule has 6 nitrogen and oxygen atoms in total. The van der Waals surface area contributed by atoms with E-state index in [1.165, 1.54) is 0 Å². The number of hydrogen-bond donors (Lipinski definition) is 0. The molecule has 0 bridgehead atoms. The number of oxazole rings is 2. The summed E-state index contributed by atoms with van der Waals surface area (Å²) in [6.45, 7) is 0. The molecule has 0 amide bonds. The average molecular weight is 382 g/mol. The Morgan fingerprint density at radius 1 is 0.621 bits per heavy atom. The third kappa shape index (κ3) is 2.82. The van der Waals surface area contributed by atoms with Crippen molar-refractivity contribution in [3.05, 3.63) is 84.3 Å². The molecular weight excluding hydrogens is 368 g/mol. The summed E-state index contributed by atoms with van der Waals surface area (Å²) in [6.07, 6.45) is 3.94. The lowest BCUT2D eigenvalue weighted by atomic mass is 10.0. The van der Waals surface area contributed by atoms with Gasteiger partial charge in [-0.15, -0.1) is 0 Å². The van der Waals surface area contributed by atoms with Crippen molar-refractivity contribution < 1.29 is 17.7 Å². The molecule has 0 saturated heterocycles. The largest absolute Gasteiger partial charge is 0.459 e. The van der Waals surface area contributed by atoms with E-state index < -0.39 is 0 Å². The lowest BCUT2D eigenvalue weighted by Gasteiger charge is -2.01. The fraction of sp³-hybridized carbons (Fsp3) is 0.0435. The first-order valence-corrected chi connectivity index (χ1v) is 9.18. The van der Waals surface area contributed by atoms with Crippen LogP contribution in [0.5, 0.6) is 0 Å². The number of rotatable bonds is 4. The van der Waals surface area contributed by atoms with Crippen LogP contribution in [0.1, 0.15) is 11.1 Å². The van der Waals surface area contributed by atoms with Gasteiger partial charge < -0.3 is 17.7 Å². The summed E-state index contributed by atoms with van der Waals surface area (Å²) in [7, 11) is 0. The van der Waals surface area contributed by atoms with Crippen LogP contribution in [0.3, 0.4) is 0 Å². The molecule has 0 atom stereocenters. The molecule has 0 spiro atoms. The van der Waals surface area contributed by atoms with Crippen LogP contribution < -0.4 is 0 Å². The highest BCUT2D eigenvalue weighted by Gasteiger charge is 2.13. The van der Waals surface area contributed by atoms with Gasteiger partial charge in [-0.2, -0.15) is 0 Å². The standard InChI is InChI=1S/C23H14N2O4/c1-3-18(26-9-1)22-24-16-7-5-14(12-20(16)28-22)11-15-6-8-17-21(13-15)29-23(25-17)19-4-2-10-27-19/h1-10,12-13H,11H2. The number of hydrogen-bond acceptors (Lipinski definition) is 6. The Kier molecular flexibility index (Phi) is 3.43. The fourth-order valence-corrected chi connectivity index (χ4v) is 3.40. The van der Waals surface area contributed by atoms with Gasteiger partial charge in [-0.05, 0) is 66.1 Å². The van der Waals surface area contributed by atoms with Crippen LogP contribution >= 0.6 is 0 Å². The van der Waals surface area contributed by atoms with Crippen molar-refractivity contribution >= 4 is 22.2 Å². The van der Waals surface area contributed by atoms with Gasteiger partial charge in [0.25, 0.3) is 11.8 Å². The van der Waals surface area contributed by atoms with E-state index in [4.69, 9.17) is 17.7 Å². The van der Waals surface area contributed by atoms with Gasteiger partial charge in [0, 0.05) is 0 Å². The molecule has 0 unspecified atom stereocenters. The quantitative estimate of drug-likeness (QED) is 0.368. The van der Waals surface area contributed by atoms with Crippen molar-refractivity contribution in [2.75, 3.05) is 0 Å². The fourth-order valence-electron chi connectivity index (χ4n) is 3.40. The molecule has 0 saturated carbocycles. The molecule has 2 aromatic carbocycles. The second kappa shape index (κ2) is 6.24. The maximum absolute atomic E-state index is 5.86. The molecule has 0 N–H and O–H groups in total.